The van der Waals surface area contributed by atoms with E-state index in [2.05, 4.69) is 30.3 Å². The first-order chi connectivity index (χ1) is 8.46. The van der Waals surface area contributed by atoms with Crippen LogP contribution in [-0.4, -0.2) is 9.55 Å². The van der Waals surface area contributed by atoms with Gasteiger partial charge in [-0.05, 0) is 30.0 Å². The lowest BCUT2D eigenvalue weighted by molar-refractivity contribution is 0.295. The van der Waals surface area contributed by atoms with E-state index in [1.54, 1.807) is 0 Å². The van der Waals surface area contributed by atoms with Crippen LogP contribution in [-0.2, 0) is 12.4 Å². The molecule has 0 N–H and O–H groups in total. The van der Waals surface area contributed by atoms with Gasteiger partial charge in [-0.15, -0.1) is 11.6 Å². The molecule has 2 nitrogen and oxygen atoms in total. The molecule has 18 heavy (non-hydrogen) atoms. The summed E-state index contributed by atoms with van der Waals surface area (Å²) in [6.07, 6.45) is 1.11. The van der Waals surface area contributed by atoms with Gasteiger partial charge in [-0.25, -0.2) is 4.98 Å². The summed E-state index contributed by atoms with van der Waals surface area (Å²) in [5.41, 5.74) is 2.25. The first kappa shape index (κ1) is 13.7. The molecule has 0 fully saturated rings. The molecule has 2 aromatic rings. The van der Waals surface area contributed by atoms with Crippen molar-refractivity contribution in [3.8, 4) is 0 Å². The lowest BCUT2D eigenvalue weighted by Gasteiger charge is -2.24. The zero-order valence-electron chi connectivity index (χ0n) is 11.0. The van der Waals surface area contributed by atoms with Crippen LogP contribution in [0.3, 0.4) is 0 Å². The summed E-state index contributed by atoms with van der Waals surface area (Å²) in [7, 11) is 0. The van der Waals surface area contributed by atoms with Crippen LogP contribution in [0, 0.1) is 5.41 Å². The summed E-state index contributed by atoms with van der Waals surface area (Å²) in [4.78, 5) is 4.56. The standard InChI is InChI=1S/C14H18Cl2N2/c1-4-14(2,3)9-18-12-7-10(16)5-6-11(12)17-13(18)8-15/h5-7H,4,8-9H2,1-3H3. The topological polar surface area (TPSA) is 17.8 Å². The Bertz CT molecular complexity index is 558. The molecule has 0 aliphatic rings. The molecule has 0 aliphatic carbocycles. The van der Waals surface area contributed by atoms with Gasteiger partial charge in [0, 0.05) is 11.6 Å². The van der Waals surface area contributed by atoms with Crippen LogP contribution in [0.4, 0.5) is 0 Å². The van der Waals surface area contributed by atoms with E-state index in [4.69, 9.17) is 23.2 Å². The molecule has 2 rings (SSSR count). The van der Waals surface area contributed by atoms with Crippen molar-refractivity contribution in [2.75, 3.05) is 0 Å². The van der Waals surface area contributed by atoms with Crippen molar-refractivity contribution in [1.29, 1.82) is 0 Å². The molecule has 1 heterocycles. The van der Waals surface area contributed by atoms with E-state index < -0.39 is 0 Å². The highest BCUT2D eigenvalue weighted by atomic mass is 35.5. The molecular formula is C14H18Cl2N2. The van der Waals surface area contributed by atoms with E-state index in [0.29, 0.717) is 5.88 Å². The zero-order chi connectivity index (χ0) is 13.3. The van der Waals surface area contributed by atoms with Crippen molar-refractivity contribution in [3.05, 3.63) is 29.0 Å². The normalized spacial score (nSPS) is 12.3. The smallest absolute Gasteiger partial charge is 0.124 e. The van der Waals surface area contributed by atoms with Crippen LogP contribution in [0.5, 0.6) is 0 Å². The van der Waals surface area contributed by atoms with Crippen LogP contribution in [0.15, 0.2) is 18.2 Å². The van der Waals surface area contributed by atoms with Gasteiger partial charge >= 0.3 is 0 Å². The number of aromatic nitrogens is 2. The summed E-state index contributed by atoms with van der Waals surface area (Å²) < 4.78 is 2.19. The average Bonchev–Trinajstić information content (AvgIpc) is 2.67. The maximum Gasteiger partial charge on any atom is 0.124 e. The fourth-order valence-electron chi connectivity index (χ4n) is 1.96. The minimum Gasteiger partial charge on any atom is -0.326 e. The monoisotopic (exact) mass is 284 g/mol. The lowest BCUT2D eigenvalue weighted by Crippen LogP contribution is -2.19. The van der Waals surface area contributed by atoms with E-state index >= 15 is 0 Å². The second-order valence-electron chi connectivity index (χ2n) is 5.40. The Kier molecular flexibility index (Phi) is 3.88. The van der Waals surface area contributed by atoms with Gasteiger partial charge in [-0.3, -0.25) is 0 Å². The van der Waals surface area contributed by atoms with Gasteiger partial charge in [0.25, 0.3) is 0 Å². The van der Waals surface area contributed by atoms with Gasteiger partial charge in [0.1, 0.15) is 5.82 Å². The number of hydrogen-bond acceptors (Lipinski definition) is 1. The molecule has 0 bridgehead atoms. The number of fused-ring (bicyclic) bond motifs is 1. The van der Waals surface area contributed by atoms with E-state index in [-0.39, 0.29) is 5.41 Å². The van der Waals surface area contributed by atoms with Crippen LogP contribution in [0.25, 0.3) is 11.0 Å². The highest BCUT2D eigenvalue weighted by Gasteiger charge is 2.20. The summed E-state index contributed by atoms with van der Waals surface area (Å²) >= 11 is 12.1. The van der Waals surface area contributed by atoms with E-state index in [9.17, 15) is 0 Å². The third-order valence-electron chi connectivity index (χ3n) is 3.45. The molecule has 0 radical (unpaired) electrons. The molecule has 0 saturated heterocycles. The van der Waals surface area contributed by atoms with Crippen LogP contribution >= 0.6 is 23.2 Å². The molecule has 0 spiro atoms. The molecule has 0 unspecified atom stereocenters. The Morgan fingerprint density at radius 3 is 2.67 bits per heavy atom. The fourth-order valence-corrected chi connectivity index (χ4v) is 2.33. The van der Waals surface area contributed by atoms with Crippen molar-refractivity contribution in [3.63, 3.8) is 0 Å². The number of alkyl halides is 1. The van der Waals surface area contributed by atoms with Gasteiger partial charge in [0.15, 0.2) is 0 Å². The third kappa shape index (κ3) is 2.65. The van der Waals surface area contributed by atoms with Crippen LogP contribution < -0.4 is 0 Å². The minimum atomic E-state index is 0.219. The van der Waals surface area contributed by atoms with E-state index in [1.165, 1.54) is 0 Å². The minimum absolute atomic E-state index is 0.219. The molecule has 0 amide bonds. The van der Waals surface area contributed by atoms with Gasteiger partial charge in [0.2, 0.25) is 0 Å². The van der Waals surface area contributed by atoms with Gasteiger partial charge in [0.05, 0.1) is 16.9 Å². The molecule has 0 aliphatic heterocycles. The van der Waals surface area contributed by atoms with Crippen molar-refractivity contribution >= 4 is 34.2 Å². The van der Waals surface area contributed by atoms with Crippen molar-refractivity contribution in [2.45, 2.75) is 39.6 Å². The average molecular weight is 285 g/mol. The summed E-state index contributed by atoms with van der Waals surface area (Å²) in [6.45, 7) is 7.61. The van der Waals surface area contributed by atoms with Crippen LogP contribution in [0.2, 0.25) is 5.02 Å². The first-order valence-corrected chi connectivity index (χ1v) is 7.09. The predicted octanol–water partition coefficient (Wildman–Crippen LogP) is 4.86. The van der Waals surface area contributed by atoms with Gasteiger partial charge < -0.3 is 4.57 Å². The van der Waals surface area contributed by atoms with Crippen molar-refractivity contribution < 1.29 is 0 Å². The molecule has 1 aromatic carbocycles. The Hall–Kier alpha value is -0.730. The van der Waals surface area contributed by atoms with E-state index in [1.807, 2.05) is 18.2 Å². The van der Waals surface area contributed by atoms with Gasteiger partial charge in [-0.1, -0.05) is 32.4 Å². The number of imidazole rings is 1. The SMILES string of the molecule is CCC(C)(C)Cn1c(CCl)nc2ccc(Cl)cc21. The van der Waals surface area contributed by atoms with Gasteiger partial charge in [-0.2, -0.15) is 0 Å². The Balaban J connectivity index is 2.55. The number of rotatable bonds is 4. The second kappa shape index (κ2) is 5.10. The Morgan fingerprint density at radius 2 is 2.06 bits per heavy atom. The Labute approximate surface area is 118 Å². The molecule has 0 atom stereocenters. The molecule has 0 saturated carbocycles. The van der Waals surface area contributed by atoms with Crippen molar-refractivity contribution in [1.82, 2.24) is 9.55 Å². The van der Waals surface area contributed by atoms with E-state index in [0.717, 1.165) is 34.8 Å². The summed E-state index contributed by atoms with van der Waals surface area (Å²) in [5.74, 6) is 1.34. The highest BCUT2D eigenvalue weighted by molar-refractivity contribution is 6.31. The molecule has 1 aromatic heterocycles. The molecule has 4 heteroatoms. The van der Waals surface area contributed by atoms with Crippen LogP contribution in [0.1, 0.15) is 33.0 Å². The third-order valence-corrected chi connectivity index (χ3v) is 3.93. The number of hydrogen-bond donors (Lipinski definition) is 0. The maximum atomic E-state index is 6.07. The number of benzene rings is 1. The maximum absolute atomic E-state index is 6.07. The molecule has 98 valence electrons. The first-order valence-electron chi connectivity index (χ1n) is 6.17. The Morgan fingerprint density at radius 1 is 1.33 bits per heavy atom. The summed E-state index contributed by atoms with van der Waals surface area (Å²) in [6, 6.07) is 5.78. The van der Waals surface area contributed by atoms with Crippen molar-refractivity contribution in [2.24, 2.45) is 5.41 Å². The highest BCUT2D eigenvalue weighted by Crippen LogP contribution is 2.28. The summed E-state index contributed by atoms with van der Waals surface area (Å²) in [5, 5.41) is 0.735. The number of halogens is 2. The quantitative estimate of drug-likeness (QED) is 0.733. The zero-order valence-corrected chi connectivity index (χ0v) is 12.5. The second-order valence-corrected chi connectivity index (χ2v) is 6.10. The predicted molar refractivity (Wildman–Crippen MR) is 78.4 cm³/mol. The molecular weight excluding hydrogens is 267 g/mol. The fraction of sp³-hybridized carbons (Fsp3) is 0.500. The number of nitrogens with zero attached hydrogens (tertiary/aromatic N) is 2. The lowest BCUT2D eigenvalue weighted by atomic mass is 9.90. The largest absolute Gasteiger partial charge is 0.326 e.